The number of hydrogen-bond acceptors (Lipinski definition) is 2. The molecule has 2 heteroatoms. The van der Waals surface area contributed by atoms with Crippen LogP contribution in [0.15, 0.2) is 0 Å². The predicted molar refractivity (Wildman–Crippen MR) is 75.2 cm³/mol. The molecular formula is C16H28N2. The average Bonchev–Trinajstić information content (AvgIpc) is 2.28. The number of nitriles is 1. The molecule has 0 aromatic heterocycles. The zero-order valence-corrected chi connectivity index (χ0v) is 12.3. The highest BCUT2D eigenvalue weighted by Crippen LogP contribution is 2.45. The van der Waals surface area contributed by atoms with Crippen LogP contribution < -0.4 is 0 Å². The molecule has 0 aromatic rings. The van der Waals surface area contributed by atoms with Gasteiger partial charge in [-0.25, -0.2) is 0 Å². The van der Waals surface area contributed by atoms with Gasteiger partial charge in [-0.3, -0.25) is 4.90 Å². The van der Waals surface area contributed by atoms with Gasteiger partial charge >= 0.3 is 0 Å². The van der Waals surface area contributed by atoms with Gasteiger partial charge in [0.25, 0.3) is 0 Å². The van der Waals surface area contributed by atoms with Crippen LogP contribution in [-0.2, 0) is 0 Å². The van der Waals surface area contributed by atoms with Crippen molar-refractivity contribution in [2.24, 2.45) is 10.8 Å². The van der Waals surface area contributed by atoms with E-state index in [0.29, 0.717) is 10.8 Å². The van der Waals surface area contributed by atoms with Crippen molar-refractivity contribution in [3.63, 3.8) is 0 Å². The predicted octanol–water partition coefficient (Wildman–Crippen LogP) is 3.97. The van der Waals surface area contributed by atoms with Gasteiger partial charge in [0.1, 0.15) is 0 Å². The molecule has 1 heterocycles. The third-order valence-corrected chi connectivity index (χ3v) is 5.03. The first kappa shape index (κ1) is 13.9. The zero-order chi connectivity index (χ0) is 13.2. The largest absolute Gasteiger partial charge is 0.299 e. The van der Waals surface area contributed by atoms with Crippen LogP contribution in [0.25, 0.3) is 0 Å². The lowest BCUT2D eigenvalue weighted by Crippen LogP contribution is -2.58. The Morgan fingerprint density at radius 1 is 1.22 bits per heavy atom. The lowest BCUT2D eigenvalue weighted by Gasteiger charge is -2.53. The van der Waals surface area contributed by atoms with Gasteiger partial charge in [-0.2, -0.15) is 5.26 Å². The van der Waals surface area contributed by atoms with Crippen LogP contribution in [0.4, 0.5) is 0 Å². The number of nitrogens with zero attached hydrogens (tertiary/aromatic N) is 2. The third-order valence-electron chi connectivity index (χ3n) is 5.03. The van der Waals surface area contributed by atoms with E-state index in [0.717, 1.165) is 12.5 Å². The minimum Gasteiger partial charge on any atom is -0.299 e. The van der Waals surface area contributed by atoms with Crippen molar-refractivity contribution < 1.29 is 0 Å². The Labute approximate surface area is 112 Å². The Kier molecular flexibility index (Phi) is 4.02. The lowest BCUT2D eigenvalue weighted by molar-refractivity contribution is -0.0330. The van der Waals surface area contributed by atoms with Crippen LogP contribution in [0, 0.1) is 22.2 Å². The van der Waals surface area contributed by atoms with E-state index < -0.39 is 0 Å². The average molecular weight is 248 g/mol. The first-order valence-electron chi connectivity index (χ1n) is 7.61. The van der Waals surface area contributed by atoms with Crippen LogP contribution >= 0.6 is 0 Å². The summed E-state index contributed by atoms with van der Waals surface area (Å²) in [5, 5.41) is 9.05. The van der Waals surface area contributed by atoms with Crippen LogP contribution in [0.3, 0.4) is 0 Å². The summed E-state index contributed by atoms with van der Waals surface area (Å²) in [4.78, 5) is 2.67. The summed E-state index contributed by atoms with van der Waals surface area (Å²) < 4.78 is 0. The second kappa shape index (κ2) is 5.21. The fraction of sp³-hybridized carbons (Fsp3) is 0.938. The van der Waals surface area contributed by atoms with E-state index in [1.54, 1.807) is 0 Å². The molecule has 1 aliphatic heterocycles. The monoisotopic (exact) mass is 248 g/mol. The van der Waals surface area contributed by atoms with E-state index in [9.17, 15) is 0 Å². The molecule has 0 unspecified atom stereocenters. The number of rotatable bonds is 4. The highest BCUT2D eigenvalue weighted by Gasteiger charge is 2.42. The van der Waals surface area contributed by atoms with E-state index in [-0.39, 0.29) is 0 Å². The van der Waals surface area contributed by atoms with E-state index in [2.05, 4.69) is 31.7 Å². The summed E-state index contributed by atoms with van der Waals surface area (Å²) in [7, 11) is 0. The minimum absolute atomic E-state index is 0.361. The molecule has 102 valence electrons. The summed E-state index contributed by atoms with van der Waals surface area (Å²) in [5.74, 6) is 0. The maximum absolute atomic E-state index is 9.05. The summed E-state index contributed by atoms with van der Waals surface area (Å²) in [6.45, 7) is 9.53. The SMILES string of the molecule is CCCC1(CC#N)CCC(N2CC(C)(C)C2)CC1. The van der Waals surface area contributed by atoms with Gasteiger partial charge < -0.3 is 0 Å². The van der Waals surface area contributed by atoms with Gasteiger partial charge in [0, 0.05) is 25.6 Å². The standard InChI is InChI=1S/C16H28N2/c1-4-7-16(10-11-17)8-5-14(6-9-16)18-12-15(2,3)13-18/h14H,4-10,12-13H2,1-3H3. The van der Waals surface area contributed by atoms with Crippen molar-refractivity contribution in [1.29, 1.82) is 5.26 Å². The highest BCUT2D eigenvalue weighted by molar-refractivity contribution is 4.98. The van der Waals surface area contributed by atoms with E-state index in [1.165, 1.54) is 51.6 Å². The fourth-order valence-corrected chi connectivity index (χ4v) is 4.10. The van der Waals surface area contributed by atoms with E-state index in [1.807, 2.05) is 0 Å². The molecule has 0 amide bonds. The van der Waals surface area contributed by atoms with Gasteiger partial charge in [0.15, 0.2) is 0 Å². The Balaban J connectivity index is 1.85. The smallest absolute Gasteiger partial charge is 0.0627 e. The number of hydrogen-bond donors (Lipinski definition) is 0. The van der Waals surface area contributed by atoms with Crippen molar-refractivity contribution in [1.82, 2.24) is 4.90 Å². The fourth-order valence-electron chi connectivity index (χ4n) is 4.10. The van der Waals surface area contributed by atoms with E-state index >= 15 is 0 Å². The minimum atomic E-state index is 0.361. The van der Waals surface area contributed by atoms with Crippen molar-refractivity contribution in [2.75, 3.05) is 13.1 Å². The molecule has 0 atom stereocenters. The molecule has 1 saturated carbocycles. The maximum atomic E-state index is 9.05. The molecule has 2 nitrogen and oxygen atoms in total. The van der Waals surface area contributed by atoms with Crippen molar-refractivity contribution in [2.45, 2.75) is 71.8 Å². The van der Waals surface area contributed by atoms with Gasteiger partial charge in [-0.15, -0.1) is 0 Å². The molecule has 0 bridgehead atoms. The molecule has 0 aromatic carbocycles. The van der Waals surface area contributed by atoms with Crippen LogP contribution in [0.2, 0.25) is 0 Å². The van der Waals surface area contributed by atoms with Crippen molar-refractivity contribution in [3.8, 4) is 6.07 Å². The molecule has 1 aliphatic carbocycles. The van der Waals surface area contributed by atoms with Crippen molar-refractivity contribution in [3.05, 3.63) is 0 Å². The zero-order valence-electron chi connectivity index (χ0n) is 12.3. The summed E-state index contributed by atoms with van der Waals surface area (Å²) in [5.41, 5.74) is 0.908. The first-order valence-corrected chi connectivity index (χ1v) is 7.61. The normalized spacial score (nSPS) is 35.8. The Morgan fingerprint density at radius 2 is 1.83 bits per heavy atom. The Bertz CT molecular complexity index is 310. The van der Waals surface area contributed by atoms with Gasteiger partial charge in [0.2, 0.25) is 0 Å². The molecule has 0 radical (unpaired) electrons. The second-order valence-corrected chi connectivity index (χ2v) is 7.39. The van der Waals surface area contributed by atoms with E-state index in [4.69, 9.17) is 5.26 Å². The first-order chi connectivity index (χ1) is 8.50. The highest BCUT2D eigenvalue weighted by atomic mass is 15.2. The lowest BCUT2D eigenvalue weighted by atomic mass is 9.67. The van der Waals surface area contributed by atoms with Gasteiger partial charge in [-0.1, -0.05) is 27.2 Å². The molecule has 2 fully saturated rings. The molecule has 2 rings (SSSR count). The van der Waals surface area contributed by atoms with Gasteiger partial charge in [0.05, 0.1) is 6.07 Å². The van der Waals surface area contributed by atoms with Crippen LogP contribution in [-0.4, -0.2) is 24.0 Å². The molecule has 1 saturated heterocycles. The van der Waals surface area contributed by atoms with Crippen LogP contribution in [0.1, 0.15) is 65.7 Å². The molecule has 0 N–H and O–H groups in total. The third kappa shape index (κ3) is 2.88. The van der Waals surface area contributed by atoms with Crippen LogP contribution in [0.5, 0.6) is 0 Å². The summed E-state index contributed by atoms with van der Waals surface area (Å²) >= 11 is 0. The van der Waals surface area contributed by atoms with Gasteiger partial charge in [-0.05, 0) is 42.9 Å². The quantitative estimate of drug-likeness (QED) is 0.752. The topological polar surface area (TPSA) is 27.0 Å². The molecule has 0 spiro atoms. The summed E-state index contributed by atoms with van der Waals surface area (Å²) in [6.07, 6.45) is 8.43. The second-order valence-electron chi connectivity index (χ2n) is 7.39. The molecular weight excluding hydrogens is 220 g/mol. The maximum Gasteiger partial charge on any atom is 0.0627 e. The number of likely N-dealkylation sites (tertiary alicyclic amines) is 1. The Morgan fingerprint density at radius 3 is 2.28 bits per heavy atom. The molecule has 2 aliphatic rings. The summed E-state index contributed by atoms with van der Waals surface area (Å²) in [6, 6.07) is 3.24. The van der Waals surface area contributed by atoms with Crippen molar-refractivity contribution >= 4 is 0 Å². The molecule has 18 heavy (non-hydrogen) atoms. The Hall–Kier alpha value is -0.550.